The first-order valence-corrected chi connectivity index (χ1v) is 7.79. The molecule has 0 rings (SSSR count). The van der Waals surface area contributed by atoms with Crippen molar-refractivity contribution in [1.29, 1.82) is 0 Å². The average molecular weight is 378 g/mol. The van der Waals surface area contributed by atoms with Gasteiger partial charge < -0.3 is 28.4 Å². The molecule has 0 aliphatic rings. The van der Waals surface area contributed by atoms with E-state index in [2.05, 4.69) is 0 Å². The van der Waals surface area contributed by atoms with Crippen LogP contribution >= 0.6 is 0 Å². The smallest absolute Gasteiger partial charge is 0.303 e. The van der Waals surface area contributed by atoms with E-state index in [1.807, 2.05) is 0 Å². The molecule has 150 valence electrons. The molecule has 0 fully saturated rings. The summed E-state index contributed by atoms with van der Waals surface area (Å²) in [6.07, 6.45) is -4.54. The first-order valence-electron chi connectivity index (χ1n) is 7.79. The second-order valence-corrected chi connectivity index (χ2v) is 5.33. The number of esters is 4. The van der Waals surface area contributed by atoms with Crippen molar-refractivity contribution in [3.63, 3.8) is 0 Å². The van der Waals surface area contributed by atoms with E-state index < -0.39 is 48.3 Å². The van der Waals surface area contributed by atoms with Gasteiger partial charge in [0.25, 0.3) is 0 Å². The van der Waals surface area contributed by atoms with E-state index in [1.54, 1.807) is 0 Å². The van der Waals surface area contributed by atoms with Crippen LogP contribution in [0.15, 0.2) is 0 Å². The minimum Gasteiger partial charge on any atom is -0.463 e. The molecule has 10 nitrogen and oxygen atoms in total. The van der Waals surface area contributed by atoms with E-state index in [0.717, 1.165) is 13.8 Å². The molecule has 0 spiro atoms. The summed E-state index contributed by atoms with van der Waals surface area (Å²) in [5.41, 5.74) is 0. The van der Waals surface area contributed by atoms with Crippen LogP contribution in [0.3, 0.4) is 0 Å². The van der Waals surface area contributed by atoms with Gasteiger partial charge in [-0.25, -0.2) is 0 Å². The Hall–Kier alpha value is -2.20. The van der Waals surface area contributed by atoms with E-state index in [4.69, 9.17) is 28.4 Å². The van der Waals surface area contributed by atoms with Gasteiger partial charge >= 0.3 is 23.9 Å². The van der Waals surface area contributed by atoms with Gasteiger partial charge in [-0.3, -0.25) is 19.2 Å². The molecule has 4 atom stereocenters. The summed E-state index contributed by atoms with van der Waals surface area (Å²) in [6, 6.07) is 0. The van der Waals surface area contributed by atoms with Gasteiger partial charge in [-0.05, 0) is 0 Å². The molecule has 0 aromatic carbocycles. The van der Waals surface area contributed by atoms with Crippen molar-refractivity contribution in [2.24, 2.45) is 0 Å². The molecule has 0 aliphatic heterocycles. The third-order valence-electron chi connectivity index (χ3n) is 3.06. The molecule has 0 saturated heterocycles. The van der Waals surface area contributed by atoms with Gasteiger partial charge in [0.1, 0.15) is 12.7 Å². The Morgan fingerprint density at radius 3 is 1.46 bits per heavy atom. The maximum Gasteiger partial charge on any atom is 0.303 e. The number of methoxy groups -OCH3 is 2. The topological polar surface area (TPSA) is 124 Å². The lowest BCUT2D eigenvalue weighted by atomic mass is 10.0. The van der Waals surface area contributed by atoms with Crippen LogP contribution in [0, 0.1) is 0 Å². The number of rotatable bonds is 11. The van der Waals surface area contributed by atoms with Crippen LogP contribution in [0.5, 0.6) is 0 Å². The molecule has 0 N–H and O–H groups in total. The molecule has 10 heteroatoms. The summed E-state index contributed by atoms with van der Waals surface area (Å²) < 4.78 is 30.7. The van der Waals surface area contributed by atoms with Crippen molar-refractivity contribution < 1.29 is 47.6 Å². The fourth-order valence-electron chi connectivity index (χ4n) is 2.16. The Morgan fingerprint density at radius 1 is 0.654 bits per heavy atom. The van der Waals surface area contributed by atoms with Crippen molar-refractivity contribution in [2.45, 2.75) is 52.1 Å². The van der Waals surface area contributed by atoms with Gasteiger partial charge in [0.05, 0.1) is 6.61 Å². The van der Waals surface area contributed by atoms with Crippen LogP contribution in [0.4, 0.5) is 0 Å². The SMILES string of the molecule is COC[C@H](OC(C)=O)[C@@H](OC(C)=O)[C@H](OC(C)=O)[C@@H](COC(C)=O)OC. The third-order valence-corrected chi connectivity index (χ3v) is 3.06. The fraction of sp³-hybridized carbons (Fsp3) is 0.750. The van der Waals surface area contributed by atoms with Crippen LogP contribution in [-0.2, 0) is 47.6 Å². The second-order valence-electron chi connectivity index (χ2n) is 5.33. The van der Waals surface area contributed by atoms with E-state index in [9.17, 15) is 19.2 Å². The molecule has 0 aromatic rings. The van der Waals surface area contributed by atoms with Crippen LogP contribution < -0.4 is 0 Å². The molecule has 0 aromatic heterocycles. The lowest BCUT2D eigenvalue weighted by molar-refractivity contribution is -0.202. The summed E-state index contributed by atoms with van der Waals surface area (Å²) >= 11 is 0. The Morgan fingerprint density at radius 2 is 1.12 bits per heavy atom. The van der Waals surface area contributed by atoms with Crippen molar-refractivity contribution >= 4 is 23.9 Å². The van der Waals surface area contributed by atoms with Crippen molar-refractivity contribution in [3.05, 3.63) is 0 Å². The van der Waals surface area contributed by atoms with Crippen molar-refractivity contribution in [3.8, 4) is 0 Å². The lowest BCUT2D eigenvalue weighted by Crippen LogP contribution is -2.53. The Bertz CT molecular complexity index is 489. The third kappa shape index (κ3) is 9.33. The first kappa shape index (κ1) is 23.8. The summed E-state index contributed by atoms with van der Waals surface area (Å²) in [4.78, 5) is 45.6. The van der Waals surface area contributed by atoms with E-state index in [-0.39, 0.29) is 13.2 Å². The Labute approximate surface area is 152 Å². The van der Waals surface area contributed by atoms with Gasteiger partial charge in [0.15, 0.2) is 18.3 Å². The van der Waals surface area contributed by atoms with Crippen LogP contribution in [0.2, 0.25) is 0 Å². The fourth-order valence-corrected chi connectivity index (χ4v) is 2.16. The highest BCUT2D eigenvalue weighted by molar-refractivity contribution is 5.68. The number of hydrogen-bond donors (Lipinski definition) is 0. The lowest BCUT2D eigenvalue weighted by Gasteiger charge is -2.35. The molecule has 0 heterocycles. The molecule has 0 unspecified atom stereocenters. The van der Waals surface area contributed by atoms with Gasteiger partial charge in [-0.15, -0.1) is 0 Å². The Kier molecular flexibility index (Phi) is 11.2. The number of ether oxygens (including phenoxy) is 6. The Balaban J connectivity index is 5.79. The normalized spacial score (nSPS) is 15.2. The molecule has 26 heavy (non-hydrogen) atoms. The highest BCUT2D eigenvalue weighted by atomic mass is 16.6. The quantitative estimate of drug-likeness (QED) is 0.358. The van der Waals surface area contributed by atoms with Crippen LogP contribution in [0.1, 0.15) is 27.7 Å². The zero-order chi connectivity index (χ0) is 20.3. The molecular formula is C16H26O10. The van der Waals surface area contributed by atoms with Gasteiger partial charge in [0, 0.05) is 41.9 Å². The van der Waals surface area contributed by atoms with Crippen LogP contribution in [0.25, 0.3) is 0 Å². The summed E-state index contributed by atoms with van der Waals surface area (Å²) in [7, 11) is 2.65. The second kappa shape index (κ2) is 12.2. The van der Waals surface area contributed by atoms with E-state index >= 15 is 0 Å². The summed E-state index contributed by atoms with van der Waals surface area (Å²) in [6.45, 7) is 4.24. The molecule has 0 radical (unpaired) electrons. The molecule has 0 saturated carbocycles. The van der Waals surface area contributed by atoms with Gasteiger partial charge in [-0.1, -0.05) is 0 Å². The predicted octanol–water partition coefficient (Wildman–Crippen LogP) is 0.00600. The highest BCUT2D eigenvalue weighted by Crippen LogP contribution is 2.19. The monoisotopic (exact) mass is 378 g/mol. The molecule has 0 amide bonds. The average Bonchev–Trinajstić information content (AvgIpc) is 2.50. The number of hydrogen-bond acceptors (Lipinski definition) is 10. The maximum atomic E-state index is 11.5. The van der Waals surface area contributed by atoms with Gasteiger partial charge in [-0.2, -0.15) is 0 Å². The largest absolute Gasteiger partial charge is 0.463 e. The summed E-state index contributed by atoms with van der Waals surface area (Å²) in [5.74, 6) is -2.63. The molecular weight excluding hydrogens is 352 g/mol. The van der Waals surface area contributed by atoms with E-state index in [0.29, 0.717) is 0 Å². The minimum absolute atomic E-state index is 0.140. The first-order chi connectivity index (χ1) is 12.1. The maximum absolute atomic E-state index is 11.5. The number of carbonyl (C=O) groups excluding carboxylic acids is 4. The highest BCUT2D eigenvalue weighted by Gasteiger charge is 2.42. The standard InChI is InChI=1S/C16H26O10/c1-9(17)23-8-13(22-6)15(25-11(3)19)16(26-12(4)20)14(7-21-5)24-10(2)18/h13-16H,7-8H2,1-6H3/t13-,14+,15-,16-/m1/s1. The summed E-state index contributed by atoms with van der Waals surface area (Å²) in [5, 5.41) is 0. The zero-order valence-electron chi connectivity index (χ0n) is 15.8. The molecule has 0 bridgehead atoms. The number of carbonyl (C=O) groups is 4. The molecule has 0 aliphatic carbocycles. The van der Waals surface area contributed by atoms with E-state index in [1.165, 1.54) is 28.1 Å². The minimum atomic E-state index is -1.25. The zero-order valence-corrected chi connectivity index (χ0v) is 15.8. The van der Waals surface area contributed by atoms with Crippen molar-refractivity contribution in [1.82, 2.24) is 0 Å². The van der Waals surface area contributed by atoms with Crippen molar-refractivity contribution in [2.75, 3.05) is 27.4 Å². The van der Waals surface area contributed by atoms with Crippen LogP contribution in [-0.4, -0.2) is 75.7 Å². The van der Waals surface area contributed by atoms with Gasteiger partial charge in [0.2, 0.25) is 0 Å². The predicted molar refractivity (Wildman–Crippen MR) is 86.0 cm³/mol.